The van der Waals surface area contributed by atoms with E-state index in [1.165, 1.54) is 8.25 Å². The van der Waals surface area contributed by atoms with Gasteiger partial charge in [-0.2, -0.15) is 5.10 Å². The largest absolute Gasteiger partial charge is 0.385 e. The number of anilines is 1. The molecule has 90 valence electrons. The molecule has 2 aromatic rings. The summed E-state index contributed by atoms with van der Waals surface area (Å²) in [5.74, 6) is 6.44. The molecule has 0 spiro atoms. The molecule has 0 atom stereocenters. The van der Waals surface area contributed by atoms with Crippen LogP contribution in [0.25, 0.3) is 0 Å². The number of halogens is 1. The summed E-state index contributed by atoms with van der Waals surface area (Å²) in [7, 11) is 0. The highest BCUT2D eigenvalue weighted by molar-refractivity contribution is 14.1. The van der Waals surface area contributed by atoms with Crippen LogP contribution in [-0.4, -0.2) is 21.4 Å². The number of nitrogens with one attached hydrogen (secondary N) is 2. The first-order chi connectivity index (χ1) is 8.16. The average Bonchev–Trinajstić information content (AvgIpc) is 2.64. The van der Waals surface area contributed by atoms with Gasteiger partial charge in [-0.1, -0.05) is 0 Å². The lowest BCUT2D eigenvalue weighted by Gasteiger charge is -2.05. The Balaban J connectivity index is 1.90. The Morgan fingerprint density at radius 1 is 1.41 bits per heavy atom. The Labute approximate surface area is 118 Å². The van der Waals surface area contributed by atoms with Gasteiger partial charge in [0, 0.05) is 22.2 Å². The van der Waals surface area contributed by atoms with Gasteiger partial charge in [-0.3, -0.25) is 5.10 Å². The van der Waals surface area contributed by atoms with Crippen LogP contribution in [0, 0.1) is 8.34 Å². The topological polar surface area (TPSA) is 71.7 Å². The fraction of sp³-hybridized carbons (Fsp3) is 0.200. The molecule has 0 saturated heterocycles. The Morgan fingerprint density at radius 2 is 2.12 bits per heavy atom. The molecule has 7 heteroatoms. The summed E-state index contributed by atoms with van der Waals surface area (Å²) in [6.07, 6.45) is 0.718. The highest BCUT2D eigenvalue weighted by Gasteiger charge is 2.02. The molecule has 0 unspecified atom stereocenters. The number of rotatable bonds is 4. The Bertz CT molecular complexity index is 545. The normalized spacial score (nSPS) is 10.4. The number of nitrogen functional groups attached to an aromatic ring is 1. The quantitative estimate of drug-likeness (QED) is 0.442. The standard InChI is InChI=1S/C10H12IN5S/c11-7-1-3-8(4-2-7)13-6-5-9-14-15-10(17)16(9)12/h1-4,13H,5-6,12H2,(H,15,17). The zero-order chi connectivity index (χ0) is 12.3. The molecule has 0 radical (unpaired) electrons. The van der Waals surface area contributed by atoms with Crippen LogP contribution in [0.3, 0.4) is 0 Å². The van der Waals surface area contributed by atoms with Gasteiger partial charge in [0.1, 0.15) is 0 Å². The van der Waals surface area contributed by atoms with Gasteiger partial charge in [-0.15, -0.1) is 0 Å². The average molecular weight is 361 g/mol. The third-order valence-electron chi connectivity index (χ3n) is 2.30. The maximum atomic E-state index is 5.69. The first-order valence-electron chi connectivity index (χ1n) is 5.07. The van der Waals surface area contributed by atoms with Crippen LogP contribution in [0.5, 0.6) is 0 Å². The molecule has 17 heavy (non-hydrogen) atoms. The third kappa shape index (κ3) is 3.19. The highest BCUT2D eigenvalue weighted by Crippen LogP contribution is 2.10. The van der Waals surface area contributed by atoms with Crippen molar-refractivity contribution in [3.63, 3.8) is 0 Å². The summed E-state index contributed by atoms with van der Waals surface area (Å²) < 4.78 is 3.05. The summed E-state index contributed by atoms with van der Waals surface area (Å²) >= 11 is 7.21. The van der Waals surface area contributed by atoms with E-state index in [9.17, 15) is 0 Å². The SMILES string of the molecule is Nn1c(CCNc2ccc(I)cc2)n[nH]c1=S. The fourth-order valence-corrected chi connectivity index (χ4v) is 1.91. The van der Waals surface area contributed by atoms with E-state index in [1.54, 1.807) is 0 Å². The van der Waals surface area contributed by atoms with Gasteiger partial charge in [0.25, 0.3) is 0 Å². The molecule has 2 rings (SSSR count). The van der Waals surface area contributed by atoms with E-state index in [0.717, 1.165) is 24.5 Å². The maximum Gasteiger partial charge on any atom is 0.214 e. The van der Waals surface area contributed by atoms with Crippen LogP contribution in [0.15, 0.2) is 24.3 Å². The zero-order valence-corrected chi connectivity index (χ0v) is 12.0. The van der Waals surface area contributed by atoms with Crippen molar-refractivity contribution < 1.29 is 0 Å². The minimum absolute atomic E-state index is 0.439. The number of hydrogen-bond acceptors (Lipinski definition) is 4. The summed E-state index contributed by atoms with van der Waals surface area (Å²) in [5.41, 5.74) is 1.09. The molecule has 0 fully saturated rings. The zero-order valence-electron chi connectivity index (χ0n) is 8.98. The molecule has 0 aliphatic carbocycles. The second kappa shape index (κ2) is 5.50. The third-order valence-corrected chi connectivity index (χ3v) is 3.31. The lowest BCUT2D eigenvalue weighted by Crippen LogP contribution is -2.16. The van der Waals surface area contributed by atoms with Crippen LogP contribution in [0.4, 0.5) is 5.69 Å². The van der Waals surface area contributed by atoms with Crippen LogP contribution >= 0.6 is 34.8 Å². The smallest absolute Gasteiger partial charge is 0.214 e. The molecule has 0 bridgehead atoms. The van der Waals surface area contributed by atoms with Crippen LogP contribution in [0.2, 0.25) is 0 Å². The van der Waals surface area contributed by atoms with Gasteiger partial charge in [0.15, 0.2) is 5.82 Å². The molecule has 1 aromatic heterocycles. The van der Waals surface area contributed by atoms with E-state index in [2.05, 4.69) is 50.2 Å². The van der Waals surface area contributed by atoms with Crippen LogP contribution in [0.1, 0.15) is 5.82 Å². The minimum atomic E-state index is 0.439. The molecule has 0 saturated carbocycles. The van der Waals surface area contributed by atoms with Crippen molar-refractivity contribution in [2.45, 2.75) is 6.42 Å². The van der Waals surface area contributed by atoms with Crippen molar-refractivity contribution in [2.75, 3.05) is 17.7 Å². The highest BCUT2D eigenvalue weighted by atomic mass is 127. The van der Waals surface area contributed by atoms with Gasteiger partial charge in [-0.05, 0) is 59.1 Å². The molecule has 1 aromatic carbocycles. The van der Waals surface area contributed by atoms with E-state index in [0.29, 0.717) is 4.77 Å². The predicted octanol–water partition coefficient (Wildman–Crippen LogP) is 1.91. The van der Waals surface area contributed by atoms with Gasteiger partial charge in [-0.25, -0.2) is 4.68 Å². The van der Waals surface area contributed by atoms with E-state index < -0.39 is 0 Å². The number of aromatic nitrogens is 3. The minimum Gasteiger partial charge on any atom is -0.385 e. The van der Waals surface area contributed by atoms with E-state index in [4.69, 9.17) is 18.1 Å². The summed E-state index contributed by atoms with van der Waals surface area (Å²) in [6, 6.07) is 8.20. The number of benzene rings is 1. The molecule has 5 nitrogen and oxygen atoms in total. The molecular weight excluding hydrogens is 349 g/mol. The Kier molecular flexibility index (Phi) is 4.00. The number of H-pyrrole nitrogens is 1. The van der Waals surface area contributed by atoms with Gasteiger partial charge in [0.2, 0.25) is 4.77 Å². The number of nitrogens with two attached hydrogens (primary N) is 1. The first kappa shape index (κ1) is 12.4. The number of nitrogens with zero attached hydrogens (tertiary/aromatic N) is 2. The fourth-order valence-electron chi connectivity index (χ4n) is 1.40. The molecule has 1 heterocycles. The van der Waals surface area contributed by atoms with Crippen molar-refractivity contribution in [3.05, 3.63) is 38.4 Å². The van der Waals surface area contributed by atoms with Crippen molar-refractivity contribution in [1.82, 2.24) is 14.9 Å². The van der Waals surface area contributed by atoms with Crippen LogP contribution < -0.4 is 11.2 Å². The second-order valence-corrected chi connectivity index (χ2v) is 5.13. The van der Waals surface area contributed by atoms with Crippen molar-refractivity contribution >= 4 is 40.5 Å². The van der Waals surface area contributed by atoms with Crippen molar-refractivity contribution in [3.8, 4) is 0 Å². The van der Waals surface area contributed by atoms with Crippen molar-refractivity contribution in [1.29, 1.82) is 0 Å². The Hall–Kier alpha value is -1.09. The molecule has 0 amide bonds. The molecular formula is C10H12IN5S. The van der Waals surface area contributed by atoms with Crippen LogP contribution in [-0.2, 0) is 6.42 Å². The van der Waals surface area contributed by atoms with Gasteiger partial charge in [0.05, 0.1) is 0 Å². The molecule has 0 aliphatic heterocycles. The number of hydrogen-bond donors (Lipinski definition) is 3. The first-order valence-corrected chi connectivity index (χ1v) is 6.56. The summed E-state index contributed by atoms with van der Waals surface area (Å²) in [6.45, 7) is 0.761. The summed E-state index contributed by atoms with van der Waals surface area (Å²) in [4.78, 5) is 0. The molecule has 0 aliphatic rings. The molecule has 4 N–H and O–H groups in total. The monoisotopic (exact) mass is 361 g/mol. The van der Waals surface area contributed by atoms with E-state index >= 15 is 0 Å². The lowest BCUT2D eigenvalue weighted by atomic mass is 10.3. The number of aromatic amines is 1. The van der Waals surface area contributed by atoms with Gasteiger partial charge >= 0.3 is 0 Å². The lowest BCUT2D eigenvalue weighted by molar-refractivity contribution is 0.824. The van der Waals surface area contributed by atoms with Gasteiger partial charge < -0.3 is 11.2 Å². The maximum absolute atomic E-state index is 5.69. The summed E-state index contributed by atoms with van der Waals surface area (Å²) in [5, 5.41) is 9.99. The van der Waals surface area contributed by atoms with E-state index in [-0.39, 0.29) is 0 Å². The van der Waals surface area contributed by atoms with E-state index in [1.807, 2.05) is 12.1 Å². The predicted molar refractivity (Wildman–Crippen MR) is 78.9 cm³/mol. The second-order valence-electron chi connectivity index (χ2n) is 3.50. The van der Waals surface area contributed by atoms with Crippen molar-refractivity contribution in [2.24, 2.45) is 0 Å². The Morgan fingerprint density at radius 3 is 2.71 bits per heavy atom.